The minimum Gasteiger partial charge on any atom is -0.432 e. The van der Waals surface area contributed by atoms with Gasteiger partial charge in [-0.05, 0) is 38.1 Å². The van der Waals surface area contributed by atoms with E-state index in [9.17, 15) is 0 Å². The normalized spacial score (nSPS) is 24.5. The van der Waals surface area contributed by atoms with Crippen LogP contribution in [0.15, 0.2) is 10.7 Å². The smallest absolute Gasteiger partial charge is 0.297 e. The molecule has 1 saturated carbocycles. The van der Waals surface area contributed by atoms with Crippen molar-refractivity contribution in [1.29, 1.82) is 0 Å². The van der Waals surface area contributed by atoms with Crippen LogP contribution in [0.5, 0.6) is 0 Å². The van der Waals surface area contributed by atoms with Gasteiger partial charge in [0, 0.05) is 19.1 Å². The van der Waals surface area contributed by atoms with E-state index in [2.05, 4.69) is 22.1 Å². The standard InChI is InChI=1S/C15H25N3O/c1-2-16-10-13-11-19-15(17-13)18-9-5-8-14(18)12-6-3-4-7-12/h11-12,14,16H,2-10H2,1H3. The van der Waals surface area contributed by atoms with Crippen molar-refractivity contribution in [1.82, 2.24) is 10.3 Å². The summed E-state index contributed by atoms with van der Waals surface area (Å²) < 4.78 is 5.71. The van der Waals surface area contributed by atoms with Crippen molar-refractivity contribution < 1.29 is 4.42 Å². The minimum atomic E-state index is 0.674. The van der Waals surface area contributed by atoms with E-state index < -0.39 is 0 Å². The Morgan fingerprint density at radius 1 is 1.32 bits per heavy atom. The van der Waals surface area contributed by atoms with Gasteiger partial charge in [0.05, 0.1) is 5.69 Å². The van der Waals surface area contributed by atoms with Crippen LogP contribution in [-0.4, -0.2) is 24.1 Å². The molecule has 1 atom stereocenters. The highest BCUT2D eigenvalue weighted by atomic mass is 16.4. The Kier molecular flexibility index (Phi) is 4.06. The molecule has 1 aromatic rings. The predicted molar refractivity (Wildman–Crippen MR) is 76.2 cm³/mol. The van der Waals surface area contributed by atoms with E-state index in [1.165, 1.54) is 38.5 Å². The lowest BCUT2D eigenvalue weighted by atomic mass is 9.96. The summed E-state index contributed by atoms with van der Waals surface area (Å²) in [6.07, 6.45) is 10.0. The molecule has 0 amide bonds. The van der Waals surface area contributed by atoms with Crippen LogP contribution in [0.3, 0.4) is 0 Å². The van der Waals surface area contributed by atoms with Gasteiger partial charge in [0.25, 0.3) is 6.01 Å². The molecule has 4 heteroatoms. The zero-order chi connectivity index (χ0) is 13.1. The Bertz CT molecular complexity index is 398. The fraction of sp³-hybridized carbons (Fsp3) is 0.800. The van der Waals surface area contributed by atoms with Crippen molar-refractivity contribution >= 4 is 6.01 Å². The molecule has 0 bridgehead atoms. The van der Waals surface area contributed by atoms with Crippen molar-refractivity contribution in [2.75, 3.05) is 18.0 Å². The van der Waals surface area contributed by atoms with Crippen LogP contribution in [0.25, 0.3) is 0 Å². The third-order valence-corrected chi connectivity index (χ3v) is 4.58. The van der Waals surface area contributed by atoms with Gasteiger partial charge < -0.3 is 14.6 Å². The molecule has 0 aromatic carbocycles. The summed E-state index contributed by atoms with van der Waals surface area (Å²) in [5.74, 6) is 0.867. The molecule has 1 saturated heterocycles. The molecule has 4 nitrogen and oxygen atoms in total. The molecule has 3 rings (SSSR count). The van der Waals surface area contributed by atoms with Gasteiger partial charge in [-0.15, -0.1) is 0 Å². The van der Waals surface area contributed by atoms with E-state index in [0.717, 1.165) is 37.3 Å². The van der Waals surface area contributed by atoms with E-state index in [1.807, 2.05) is 6.26 Å². The van der Waals surface area contributed by atoms with Gasteiger partial charge in [-0.3, -0.25) is 0 Å². The van der Waals surface area contributed by atoms with Crippen LogP contribution in [0.4, 0.5) is 6.01 Å². The molecule has 1 aromatic heterocycles. The molecule has 1 aliphatic carbocycles. The number of hydrogen-bond donors (Lipinski definition) is 1. The Morgan fingerprint density at radius 3 is 2.95 bits per heavy atom. The molecule has 0 spiro atoms. The first-order valence-corrected chi connectivity index (χ1v) is 7.80. The molecule has 2 aliphatic rings. The molecule has 1 aliphatic heterocycles. The Morgan fingerprint density at radius 2 is 2.16 bits per heavy atom. The van der Waals surface area contributed by atoms with Crippen LogP contribution >= 0.6 is 0 Å². The lowest BCUT2D eigenvalue weighted by Gasteiger charge is -2.27. The quantitative estimate of drug-likeness (QED) is 0.887. The number of oxazole rings is 1. The third-order valence-electron chi connectivity index (χ3n) is 4.58. The number of hydrogen-bond acceptors (Lipinski definition) is 4. The highest BCUT2D eigenvalue weighted by molar-refractivity contribution is 5.31. The van der Waals surface area contributed by atoms with Gasteiger partial charge in [0.15, 0.2) is 0 Å². The van der Waals surface area contributed by atoms with Gasteiger partial charge in [-0.1, -0.05) is 19.8 Å². The number of anilines is 1. The summed E-state index contributed by atoms with van der Waals surface area (Å²) in [6.45, 7) is 5.00. The Hall–Kier alpha value is -1.03. The number of aromatic nitrogens is 1. The molecule has 1 N–H and O–H groups in total. The fourth-order valence-electron chi connectivity index (χ4n) is 3.62. The van der Waals surface area contributed by atoms with Crippen LogP contribution in [-0.2, 0) is 6.54 Å². The van der Waals surface area contributed by atoms with Crippen molar-refractivity contribution in [3.05, 3.63) is 12.0 Å². The lowest BCUT2D eigenvalue weighted by molar-refractivity contribution is 0.409. The van der Waals surface area contributed by atoms with Crippen LogP contribution < -0.4 is 10.2 Å². The maximum Gasteiger partial charge on any atom is 0.297 e. The SMILES string of the molecule is CCNCc1coc(N2CCCC2C2CCCC2)n1. The van der Waals surface area contributed by atoms with E-state index in [-0.39, 0.29) is 0 Å². The molecule has 19 heavy (non-hydrogen) atoms. The first-order valence-electron chi connectivity index (χ1n) is 7.80. The van der Waals surface area contributed by atoms with Crippen molar-refractivity contribution in [3.63, 3.8) is 0 Å². The average Bonchev–Trinajstić information content (AvgIpc) is 3.14. The van der Waals surface area contributed by atoms with Crippen LogP contribution in [0.1, 0.15) is 51.1 Å². The summed E-state index contributed by atoms with van der Waals surface area (Å²) in [5, 5.41) is 3.29. The van der Waals surface area contributed by atoms with Gasteiger partial charge >= 0.3 is 0 Å². The highest BCUT2D eigenvalue weighted by Gasteiger charge is 2.35. The average molecular weight is 263 g/mol. The fourth-order valence-corrected chi connectivity index (χ4v) is 3.62. The monoisotopic (exact) mass is 263 g/mol. The molecular weight excluding hydrogens is 238 g/mol. The molecular formula is C15H25N3O. The second-order valence-corrected chi connectivity index (χ2v) is 5.85. The van der Waals surface area contributed by atoms with E-state index in [0.29, 0.717) is 6.04 Å². The molecule has 1 unspecified atom stereocenters. The molecule has 2 fully saturated rings. The lowest BCUT2D eigenvalue weighted by Crippen LogP contribution is -2.34. The first-order chi connectivity index (χ1) is 9.38. The highest BCUT2D eigenvalue weighted by Crippen LogP contribution is 2.37. The number of nitrogens with one attached hydrogen (secondary N) is 1. The predicted octanol–water partition coefficient (Wildman–Crippen LogP) is 2.94. The summed E-state index contributed by atoms with van der Waals surface area (Å²) in [5.41, 5.74) is 1.02. The molecule has 0 radical (unpaired) electrons. The van der Waals surface area contributed by atoms with Gasteiger partial charge in [0.1, 0.15) is 6.26 Å². The van der Waals surface area contributed by atoms with Crippen LogP contribution in [0, 0.1) is 5.92 Å². The maximum absolute atomic E-state index is 5.71. The topological polar surface area (TPSA) is 41.3 Å². The van der Waals surface area contributed by atoms with Gasteiger partial charge in [-0.2, -0.15) is 4.98 Å². The number of nitrogens with zero attached hydrogens (tertiary/aromatic N) is 2. The van der Waals surface area contributed by atoms with Crippen molar-refractivity contribution in [2.24, 2.45) is 5.92 Å². The van der Waals surface area contributed by atoms with Crippen molar-refractivity contribution in [2.45, 2.75) is 58.0 Å². The van der Waals surface area contributed by atoms with E-state index in [4.69, 9.17) is 4.42 Å². The van der Waals surface area contributed by atoms with E-state index in [1.54, 1.807) is 0 Å². The molecule has 2 heterocycles. The molecule has 106 valence electrons. The minimum absolute atomic E-state index is 0.674. The second kappa shape index (κ2) is 5.95. The maximum atomic E-state index is 5.71. The largest absolute Gasteiger partial charge is 0.432 e. The summed E-state index contributed by atoms with van der Waals surface area (Å²) >= 11 is 0. The Labute approximate surface area is 115 Å². The summed E-state index contributed by atoms with van der Waals surface area (Å²) in [6, 6.07) is 1.52. The van der Waals surface area contributed by atoms with Gasteiger partial charge in [-0.25, -0.2) is 0 Å². The van der Waals surface area contributed by atoms with Crippen molar-refractivity contribution in [3.8, 4) is 0 Å². The second-order valence-electron chi connectivity index (χ2n) is 5.85. The number of rotatable bonds is 5. The van der Waals surface area contributed by atoms with Crippen LogP contribution in [0.2, 0.25) is 0 Å². The summed E-state index contributed by atoms with van der Waals surface area (Å²) in [7, 11) is 0. The van der Waals surface area contributed by atoms with E-state index >= 15 is 0 Å². The Balaban J connectivity index is 1.67. The zero-order valence-corrected chi connectivity index (χ0v) is 11.9. The van der Waals surface area contributed by atoms with Gasteiger partial charge in [0.2, 0.25) is 0 Å². The summed E-state index contributed by atoms with van der Waals surface area (Å²) in [4.78, 5) is 7.07. The zero-order valence-electron chi connectivity index (χ0n) is 11.9. The third kappa shape index (κ3) is 2.78. The first kappa shape index (κ1) is 13.0.